The van der Waals surface area contributed by atoms with E-state index < -0.39 is 40.8 Å². The predicted molar refractivity (Wildman–Crippen MR) is 154 cm³/mol. The Hall–Kier alpha value is -3.77. The van der Waals surface area contributed by atoms with Crippen LogP contribution in [0.3, 0.4) is 0 Å². The molecule has 11 nitrogen and oxygen atoms in total. The molecule has 6 rings (SSSR count). The first-order chi connectivity index (χ1) is 20.0. The number of ether oxygens (including phenoxy) is 2. The Balaban J connectivity index is 1.80. The molecule has 0 radical (unpaired) electrons. The van der Waals surface area contributed by atoms with Crippen LogP contribution in [0.2, 0.25) is 5.02 Å². The van der Waals surface area contributed by atoms with Crippen LogP contribution in [0, 0.1) is 0 Å². The van der Waals surface area contributed by atoms with Crippen LogP contribution >= 0.6 is 11.6 Å². The molecular weight excluding hydrogens is 570 g/mol. The van der Waals surface area contributed by atoms with Gasteiger partial charge in [-0.15, -0.1) is 0 Å². The number of pyridine rings is 1. The zero-order valence-electron chi connectivity index (χ0n) is 23.4. The molecule has 2 aromatic carbocycles. The van der Waals surface area contributed by atoms with E-state index in [2.05, 4.69) is 0 Å². The van der Waals surface area contributed by atoms with Crippen LogP contribution in [-0.2, 0) is 26.3 Å². The zero-order chi connectivity index (χ0) is 30.4. The van der Waals surface area contributed by atoms with Crippen molar-refractivity contribution in [3.05, 3.63) is 53.7 Å². The second-order valence-corrected chi connectivity index (χ2v) is 11.2. The standard InChI is InChI=1S/C30H30ClNO10/c1-5-6-12-21(31)17-18(30(39)32(12)2)23(36)15-10(26(17)40-3)7-8-11-16(15)24(37)20-25(38)19-22(35)13(33)9-14(34)28(19)42-29(20)27(11)41-4/h13-14,22,33-37H,5-9H2,1-4H3/t13-,14-,22-/m1/s1. The van der Waals surface area contributed by atoms with Crippen molar-refractivity contribution in [3.63, 3.8) is 0 Å². The number of halogens is 1. The van der Waals surface area contributed by atoms with Crippen molar-refractivity contribution in [2.75, 3.05) is 14.2 Å². The molecule has 0 saturated heterocycles. The topological polar surface area (TPSA) is 172 Å². The maximum Gasteiger partial charge on any atom is 0.262 e. The summed E-state index contributed by atoms with van der Waals surface area (Å²) in [5, 5.41) is 55.0. The van der Waals surface area contributed by atoms with E-state index in [9.17, 15) is 35.1 Å². The molecule has 2 heterocycles. The maximum absolute atomic E-state index is 13.8. The zero-order valence-corrected chi connectivity index (χ0v) is 24.1. The van der Waals surface area contributed by atoms with Crippen molar-refractivity contribution < 1.29 is 39.4 Å². The van der Waals surface area contributed by atoms with Crippen LogP contribution in [0.25, 0.3) is 32.9 Å². The molecule has 0 amide bonds. The number of aliphatic hydroxyl groups is 3. The number of phenolic OH excluding ortho intramolecular Hbond substituents is 2. The number of hydrogen-bond acceptors (Lipinski definition) is 10. The fraction of sp³-hybridized carbons (Fsp3) is 0.400. The lowest BCUT2D eigenvalue weighted by molar-refractivity contribution is -0.0373. The van der Waals surface area contributed by atoms with Gasteiger partial charge in [-0.1, -0.05) is 24.9 Å². The molecule has 0 saturated carbocycles. The Morgan fingerprint density at radius 2 is 1.55 bits per heavy atom. The fourth-order valence-corrected chi connectivity index (χ4v) is 7.03. The van der Waals surface area contributed by atoms with E-state index in [4.69, 9.17) is 25.5 Å². The van der Waals surface area contributed by atoms with Crippen LogP contribution in [0.15, 0.2) is 14.0 Å². The summed E-state index contributed by atoms with van der Waals surface area (Å²) in [4.78, 5) is 27.5. The van der Waals surface area contributed by atoms with Crippen LogP contribution < -0.4 is 20.5 Å². The predicted octanol–water partition coefficient (Wildman–Crippen LogP) is 3.28. The minimum atomic E-state index is -1.67. The number of phenols is 2. The van der Waals surface area contributed by atoms with Crippen molar-refractivity contribution in [1.82, 2.24) is 4.57 Å². The molecule has 3 atom stereocenters. The van der Waals surface area contributed by atoms with Crippen molar-refractivity contribution in [2.45, 2.75) is 57.3 Å². The number of rotatable bonds is 4. The summed E-state index contributed by atoms with van der Waals surface area (Å²) in [7, 11) is 4.34. The Kier molecular flexibility index (Phi) is 6.69. The van der Waals surface area contributed by atoms with Crippen LogP contribution in [0.4, 0.5) is 0 Å². The number of benzene rings is 2. The first-order valence-corrected chi connectivity index (χ1v) is 14.0. The highest BCUT2D eigenvalue weighted by Gasteiger charge is 2.40. The van der Waals surface area contributed by atoms with E-state index in [0.29, 0.717) is 23.2 Å². The first-order valence-electron chi connectivity index (χ1n) is 13.6. The highest BCUT2D eigenvalue weighted by Crippen LogP contribution is 2.56. The molecule has 2 aliphatic rings. The maximum atomic E-state index is 13.8. The molecule has 12 heteroatoms. The molecule has 2 aliphatic carbocycles. The fourth-order valence-electron chi connectivity index (χ4n) is 6.63. The van der Waals surface area contributed by atoms with Gasteiger partial charge in [0.05, 0.1) is 41.7 Å². The van der Waals surface area contributed by atoms with E-state index in [-0.39, 0.29) is 80.0 Å². The van der Waals surface area contributed by atoms with Gasteiger partial charge in [0.2, 0.25) is 5.43 Å². The second kappa shape index (κ2) is 9.91. The van der Waals surface area contributed by atoms with E-state index in [1.165, 1.54) is 18.8 Å². The van der Waals surface area contributed by atoms with Gasteiger partial charge in [0, 0.05) is 41.4 Å². The molecular formula is C30H30ClNO10. The highest BCUT2D eigenvalue weighted by molar-refractivity contribution is 6.37. The Labute approximate surface area is 243 Å². The number of aromatic nitrogens is 1. The van der Waals surface area contributed by atoms with Crippen LogP contribution in [0.1, 0.15) is 60.1 Å². The molecule has 4 aromatic rings. The lowest BCUT2D eigenvalue weighted by Crippen LogP contribution is -2.33. The van der Waals surface area contributed by atoms with Gasteiger partial charge < -0.3 is 44.0 Å². The van der Waals surface area contributed by atoms with E-state index in [1.54, 1.807) is 7.05 Å². The summed E-state index contributed by atoms with van der Waals surface area (Å²) >= 11 is 6.84. The molecule has 0 bridgehead atoms. The van der Waals surface area contributed by atoms with E-state index >= 15 is 0 Å². The average molecular weight is 600 g/mol. The van der Waals surface area contributed by atoms with Gasteiger partial charge in [-0.2, -0.15) is 0 Å². The monoisotopic (exact) mass is 599 g/mol. The first kappa shape index (κ1) is 28.4. The number of hydrogen-bond donors (Lipinski definition) is 5. The molecule has 2 aromatic heterocycles. The van der Waals surface area contributed by atoms with Crippen LogP contribution in [-0.4, -0.2) is 50.4 Å². The van der Waals surface area contributed by atoms with E-state index in [1.807, 2.05) is 6.92 Å². The average Bonchev–Trinajstić information content (AvgIpc) is 2.96. The minimum Gasteiger partial charge on any atom is -0.506 e. The molecule has 0 unspecified atom stereocenters. The summed E-state index contributed by atoms with van der Waals surface area (Å²) in [6.45, 7) is 1.96. The van der Waals surface area contributed by atoms with Gasteiger partial charge in [0.25, 0.3) is 5.56 Å². The number of aromatic hydroxyl groups is 2. The lowest BCUT2D eigenvalue weighted by atomic mass is 9.80. The number of aliphatic hydroxyl groups excluding tert-OH is 3. The third-order valence-electron chi connectivity index (χ3n) is 8.55. The SMILES string of the molecule is CCCc1c(Cl)c2c(OC)c3c(c(O)c2c(=O)n1C)-c1c(c(OC)c2oc4c(c(=O)c2c1O)[C@H](O)[C@H](O)C[C@H]4O)CC3. The molecule has 222 valence electrons. The summed E-state index contributed by atoms with van der Waals surface area (Å²) in [5.74, 6) is -0.907. The highest BCUT2D eigenvalue weighted by atomic mass is 35.5. The normalized spacial score (nSPS) is 19.5. The third-order valence-corrected chi connectivity index (χ3v) is 8.96. The van der Waals surface area contributed by atoms with Crippen LogP contribution in [0.5, 0.6) is 23.0 Å². The van der Waals surface area contributed by atoms with E-state index in [0.717, 1.165) is 6.42 Å². The smallest absolute Gasteiger partial charge is 0.262 e. The van der Waals surface area contributed by atoms with Crippen molar-refractivity contribution >= 4 is 33.3 Å². The third kappa shape index (κ3) is 3.57. The van der Waals surface area contributed by atoms with Gasteiger partial charge >= 0.3 is 0 Å². The largest absolute Gasteiger partial charge is 0.506 e. The van der Waals surface area contributed by atoms with Gasteiger partial charge in [0.15, 0.2) is 11.3 Å². The summed E-state index contributed by atoms with van der Waals surface area (Å²) in [5.41, 5.74) is -0.367. The molecule has 0 fully saturated rings. The van der Waals surface area contributed by atoms with Gasteiger partial charge in [-0.3, -0.25) is 9.59 Å². The van der Waals surface area contributed by atoms with Crippen molar-refractivity contribution in [2.24, 2.45) is 7.05 Å². The van der Waals surface area contributed by atoms with Crippen molar-refractivity contribution in [1.29, 1.82) is 0 Å². The van der Waals surface area contributed by atoms with Crippen molar-refractivity contribution in [3.8, 4) is 34.1 Å². The minimum absolute atomic E-state index is 0.0350. The number of nitrogens with zero attached hydrogens (tertiary/aromatic N) is 1. The summed E-state index contributed by atoms with van der Waals surface area (Å²) in [6, 6.07) is 0. The quantitative estimate of drug-likeness (QED) is 0.234. The number of methoxy groups -OCH3 is 2. The Morgan fingerprint density at radius 3 is 2.14 bits per heavy atom. The Bertz CT molecular complexity index is 1940. The summed E-state index contributed by atoms with van der Waals surface area (Å²) in [6.07, 6.45) is -2.96. The van der Waals surface area contributed by atoms with Gasteiger partial charge in [-0.25, -0.2) is 0 Å². The molecule has 42 heavy (non-hydrogen) atoms. The molecule has 0 spiro atoms. The molecule has 0 aliphatic heterocycles. The number of fused-ring (bicyclic) bond motifs is 6. The summed E-state index contributed by atoms with van der Waals surface area (Å²) < 4.78 is 18.8. The van der Waals surface area contributed by atoms with Gasteiger partial charge in [-0.05, 0) is 19.3 Å². The Morgan fingerprint density at radius 1 is 0.952 bits per heavy atom. The second-order valence-electron chi connectivity index (χ2n) is 10.8. The lowest BCUT2D eigenvalue weighted by Gasteiger charge is -2.30. The molecule has 5 N–H and O–H groups in total. The van der Waals surface area contributed by atoms with Gasteiger partial charge in [0.1, 0.15) is 40.6 Å².